The Hall–Kier alpha value is -7.20. The van der Waals surface area contributed by atoms with Gasteiger partial charge in [0.05, 0.1) is 11.4 Å². The SMILES string of the molecule is c1ccc([Si](c2ccccc2)(c2ccccc2)c2ccc(N(c3cc4ccccc4c4ccccc34)c3cccc4ccc5c6ccccc6oc5c34)cc2)cc1. The Kier molecular flexibility index (Phi) is 7.87. The summed E-state index contributed by atoms with van der Waals surface area (Å²) < 4.78 is 6.78. The molecule has 0 atom stereocenters. The summed E-state index contributed by atoms with van der Waals surface area (Å²) in [6, 6.07) is 82.2. The van der Waals surface area contributed by atoms with Gasteiger partial charge in [0.15, 0.2) is 8.07 Å². The third-order valence-corrected chi connectivity index (χ3v) is 16.6. The van der Waals surface area contributed by atoms with E-state index >= 15 is 0 Å². The fourth-order valence-corrected chi connectivity index (χ4v) is 14.0. The van der Waals surface area contributed by atoms with Crippen LogP contribution in [0, 0.1) is 0 Å². The Morgan fingerprint density at radius 2 is 0.860 bits per heavy atom. The molecule has 10 aromatic carbocycles. The minimum Gasteiger partial charge on any atom is -0.455 e. The van der Waals surface area contributed by atoms with Crippen LogP contribution in [0.4, 0.5) is 17.1 Å². The van der Waals surface area contributed by atoms with E-state index in [0.29, 0.717) is 0 Å². The van der Waals surface area contributed by atoms with Gasteiger partial charge in [0, 0.05) is 27.2 Å². The van der Waals surface area contributed by atoms with Crippen LogP contribution in [-0.2, 0) is 0 Å². The van der Waals surface area contributed by atoms with Crippen molar-refractivity contribution in [1.82, 2.24) is 0 Å². The van der Waals surface area contributed by atoms with E-state index in [0.717, 1.165) is 49.8 Å². The first-order valence-electron chi connectivity index (χ1n) is 19.6. The molecule has 0 N–H and O–H groups in total. The lowest BCUT2D eigenvalue weighted by molar-refractivity contribution is 0.672. The van der Waals surface area contributed by atoms with E-state index in [1.807, 2.05) is 6.07 Å². The van der Waals surface area contributed by atoms with Crippen molar-refractivity contribution >= 4 is 100 Å². The third-order valence-electron chi connectivity index (χ3n) is 11.8. The Bertz CT molecular complexity index is 3130. The highest BCUT2D eigenvalue weighted by Gasteiger charge is 2.41. The van der Waals surface area contributed by atoms with Gasteiger partial charge in [-0.3, -0.25) is 0 Å². The van der Waals surface area contributed by atoms with E-state index in [1.54, 1.807) is 0 Å². The molecule has 0 bridgehead atoms. The number of benzene rings is 10. The summed E-state index contributed by atoms with van der Waals surface area (Å²) in [5, 5.41) is 14.7. The molecule has 0 fully saturated rings. The van der Waals surface area contributed by atoms with Crippen molar-refractivity contribution in [2.24, 2.45) is 0 Å². The zero-order chi connectivity index (χ0) is 37.8. The molecule has 11 rings (SSSR count). The largest absolute Gasteiger partial charge is 0.455 e. The standard InChI is InChI=1S/C54H37NOSi/c1-4-19-41(20-5-1)57(42-21-6-2-7-22-42,43-23-8-3-9-24-43)44-34-32-40(33-35-44)55(51-37-39-17-10-11-25-45(39)46-26-12-13-27-47(46)51)50-29-16-18-38-31-36-49-48-28-14-15-30-52(48)56-54(49)53(38)50/h1-37H. The molecule has 0 amide bonds. The van der Waals surface area contributed by atoms with Gasteiger partial charge in [-0.2, -0.15) is 0 Å². The highest BCUT2D eigenvalue weighted by molar-refractivity contribution is 7.19. The molecule has 3 heteroatoms. The fourth-order valence-electron chi connectivity index (χ4n) is 9.27. The molecule has 0 aliphatic carbocycles. The van der Waals surface area contributed by atoms with E-state index in [9.17, 15) is 0 Å². The number of rotatable bonds is 7. The number of fused-ring (bicyclic) bond motifs is 8. The van der Waals surface area contributed by atoms with Gasteiger partial charge in [0.25, 0.3) is 0 Å². The van der Waals surface area contributed by atoms with Crippen molar-refractivity contribution in [3.05, 3.63) is 224 Å². The van der Waals surface area contributed by atoms with Crippen LogP contribution >= 0.6 is 0 Å². The molecule has 0 aliphatic heterocycles. The monoisotopic (exact) mass is 743 g/mol. The van der Waals surface area contributed by atoms with Crippen LogP contribution in [0.3, 0.4) is 0 Å². The Morgan fingerprint density at radius 1 is 0.333 bits per heavy atom. The Labute approximate surface area is 332 Å². The van der Waals surface area contributed by atoms with Gasteiger partial charge in [-0.05, 0) is 78.7 Å². The Morgan fingerprint density at radius 3 is 1.53 bits per heavy atom. The fraction of sp³-hybridized carbons (Fsp3) is 0. The second-order valence-corrected chi connectivity index (χ2v) is 18.6. The van der Waals surface area contributed by atoms with Crippen LogP contribution in [0.1, 0.15) is 0 Å². The minimum atomic E-state index is -2.73. The number of para-hydroxylation sites is 1. The lowest BCUT2D eigenvalue weighted by atomic mass is 9.98. The normalized spacial score (nSPS) is 11.9. The summed E-state index contributed by atoms with van der Waals surface area (Å²) in [6.45, 7) is 0. The zero-order valence-corrected chi connectivity index (χ0v) is 32.2. The third kappa shape index (κ3) is 5.24. The van der Waals surface area contributed by atoms with Crippen LogP contribution < -0.4 is 25.6 Å². The quantitative estimate of drug-likeness (QED) is 0.0918. The molecule has 11 aromatic rings. The van der Waals surface area contributed by atoms with Crippen LogP contribution in [0.2, 0.25) is 0 Å². The van der Waals surface area contributed by atoms with Crippen molar-refractivity contribution in [3.8, 4) is 0 Å². The van der Waals surface area contributed by atoms with E-state index < -0.39 is 8.07 Å². The molecule has 57 heavy (non-hydrogen) atoms. The number of hydrogen-bond acceptors (Lipinski definition) is 2. The summed E-state index contributed by atoms with van der Waals surface area (Å²) in [7, 11) is -2.73. The molecule has 2 nitrogen and oxygen atoms in total. The molecular formula is C54H37NOSi. The van der Waals surface area contributed by atoms with Crippen molar-refractivity contribution in [1.29, 1.82) is 0 Å². The second-order valence-electron chi connectivity index (χ2n) is 14.8. The maximum absolute atomic E-state index is 6.78. The number of anilines is 3. The summed E-state index contributed by atoms with van der Waals surface area (Å²) in [6.07, 6.45) is 0. The zero-order valence-electron chi connectivity index (χ0n) is 31.2. The molecule has 1 aromatic heterocycles. The van der Waals surface area contributed by atoms with Crippen LogP contribution in [0.25, 0.3) is 54.3 Å². The van der Waals surface area contributed by atoms with Gasteiger partial charge < -0.3 is 9.32 Å². The van der Waals surface area contributed by atoms with E-state index in [1.165, 1.54) is 42.3 Å². The maximum Gasteiger partial charge on any atom is 0.179 e. The lowest BCUT2D eigenvalue weighted by Gasteiger charge is -2.35. The molecule has 0 aliphatic rings. The number of nitrogens with zero attached hydrogens (tertiary/aromatic N) is 1. The average molecular weight is 744 g/mol. The summed E-state index contributed by atoms with van der Waals surface area (Å²) in [5.74, 6) is 0. The van der Waals surface area contributed by atoms with Crippen LogP contribution in [-0.4, -0.2) is 8.07 Å². The molecule has 0 spiro atoms. The second kappa shape index (κ2) is 13.5. The predicted molar refractivity (Wildman–Crippen MR) is 245 cm³/mol. The smallest absolute Gasteiger partial charge is 0.179 e. The molecule has 0 saturated carbocycles. The molecule has 0 saturated heterocycles. The van der Waals surface area contributed by atoms with Gasteiger partial charge in [-0.15, -0.1) is 0 Å². The number of furan rings is 1. The number of hydrogen-bond donors (Lipinski definition) is 0. The highest BCUT2D eigenvalue weighted by atomic mass is 28.3. The van der Waals surface area contributed by atoms with Crippen molar-refractivity contribution < 1.29 is 4.42 Å². The summed E-state index contributed by atoms with van der Waals surface area (Å²) >= 11 is 0. The topological polar surface area (TPSA) is 16.4 Å². The van der Waals surface area contributed by atoms with Crippen molar-refractivity contribution in [2.75, 3.05) is 4.90 Å². The molecule has 268 valence electrons. The van der Waals surface area contributed by atoms with Gasteiger partial charge in [-0.25, -0.2) is 0 Å². The first kappa shape index (κ1) is 33.2. The maximum atomic E-state index is 6.78. The van der Waals surface area contributed by atoms with Gasteiger partial charge >= 0.3 is 0 Å². The van der Waals surface area contributed by atoms with Crippen molar-refractivity contribution in [3.63, 3.8) is 0 Å². The summed E-state index contributed by atoms with van der Waals surface area (Å²) in [4.78, 5) is 2.46. The van der Waals surface area contributed by atoms with Crippen LogP contribution in [0.15, 0.2) is 229 Å². The highest BCUT2D eigenvalue weighted by Crippen LogP contribution is 2.46. The molecular weight excluding hydrogens is 707 g/mol. The Balaban J connectivity index is 1.21. The molecule has 0 radical (unpaired) electrons. The van der Waals surface area contributed by atoms with E-state index in [-0.39, 0.29) is 0 Å². The molecule has 0 unspecified atom stereocenters. The average Bonchev–Trinajstić information content (AvgIpc) is 3.68. The van der Waals surface area contributed by atoms with Gasteiger partial charge in [-0.1, -0.05) is 188 Å². The predicted octanol–water partition coefficient (Wildman–Crippen LogP) is 11.9. The minimum absolute atomic E-state index is 0.894. The van der Waals surface area contributed by atoms with E-state index in [2.05, 4.69) is 223 Å². The summed E-state index contributed by atoms with van der Waals surface area (Å²) in [5.41, 5.74) is 5.07. The van der Waals surface area contributed by atoms with E-state index in [4.69, 9.17) is 4.42 Å². The first-order valence-corrected chi connectivity index (χ1v) is 21.6. The lowest BCUT2D eigenvalue weighted by Crippen LogP contribution is -2.74. The van der Waals surface area contributed by atoms with Crippen LogP contribution in [0.5, 0.6) is 0 Å². The van der Waals surface area contributed by atoms with Gasteiger partial charge in [0.2, 0.25) is 0 Å². The van der Waals surface area contributed by atoms with Crippen molar-refractivity contribution in [2.45, 2.75) is 0 Å². The molecule has 1 heterocycles. The first-order chi connectivity index (χ1) is 28.3. The van der Waals surface area contributed by atoms with Gasteiger partial charge in [0.1, 0.15) is 11.2 Å².